The molecule has 0 aliphatic rings. The second-order valence-corrected chi connectivity index (χ2v) is 6.97. The molecule has 0 saturated heterocycles. The van der Waals surface area contributed by atoms with Gasteiger partial charge in [-0.05, 0) is 37.3 Å². The Bertz CT molecular complexity index is 1320. The molecule has 4 aromatic rings. The lowest BCUT2D eigenvalue weighted by Crippen LogP contribution is -2.14. The van der Waals surface area contributed by atoms with Gasteiger partial charge in [0.2, 0.25) is 5.95 Å². The molecule has 3 heterocycles. The third kappa shape index (κ3) is 4.34. The van der Waals surface area contributed by atoms with Crippen molar-refractivity contribution in [2.75, 3.05) is 17.7 Å². The fraction of sp³-hybridized carbons (Fsp3) is 0.136. The maximum Gasteiger partial charge on any atom is 0.416 e. The highest BCUT2D eigenvalue weighted by molar-refractivity contribution is 6.04. The van der Waals surface area contributed by atoms with Gasteiger partial charge in [-0.25, -0.2) is 9.97 Å². The summed E-state index contributed by atoms with van der Waals surface area (Å²) >= 11 is 0. The predicted octanol–water partition coefficient (Wildman–Crippen LogP) is 4.71. The van der Waals surface area contributed by atoms with Crippen LogP contribution in [0.1, 0.15) is 21.6 Å². The van der Waals surface area contributed by atoms with Gasteiger partial charge in [-0.2, -0.15) is 18.2 Å². The van der Waals surface area contributed by atoms with Gasteiger partial charge in [-0.3, -0.25) is 9.78 Å². The molecule has 0 aliphatic heterocycles. The number of alkyl halides is 3. The fourth-order valence-electron chi connectivity index (χ4n) is 3.12. The number of carbonyl (C=O) groups excluding carboxylic acids is 1. The standard InChI is InChI=1S/C22H17F3N6O/c1-12-18(14-6-15-10-29-21(26-2)31-19(15)28-9-14)8-17(11-27-12)30-20(32)13-4-3-5-16(7-13)22(23,24)25/h3-11H,1-2H3,(H,30,32)(H,26,28,29,31). The van der Waals surface area contributed by atoms with E-state index in [0.717, 1.165) is 23.1 Å². The Morgan fingerprint density at radius 2 is 1.81 bits per heavy atom. The predicted molar refractivity (Wildman–Crippen MR) is 114 cm³/mol. The second-order valence-electron chi connectivity index (χ2n) is 6.97. The number of rotatable bonds is 4. The Labute approximate surface area is 180 Å². The monoisotopic (exact) mass is 438 g/mol. The van der Waals surface area contributed by atoms with E-state index in [9.17, 15) is 18.0 Å². The summed E-state index contributed by atoms with van der Waals surface area (Å²) in [6.45, 7) is 1.80. The van der Waals surface area contributed by atoms with Crippen LogP contribution in [0.3, 0.4) is 0 Å². The van der Waals surface area contributed by atoms with Gasteiger partial charge in [0.15, 0.2) is 5.65 Å². The Kier molecular flexibility index (Phi) is 5.43. The summed E-state index contributed by atoms with van der Waals surface area (Å²) in [5.74, 6) is -0.216. The smallest absolute Gasteiger partial charge is 0.357 e. The molecule has 0 saturated carbocycles. The third-order valence-electron chi connectivity index (χ3n) is 4.76. The van der Waals surface area contributed by atoms with Crippen LogP contribution in [0.25, 0.3) is 22.2 Å². The summed E-state index contributed by atoms with van der Waals surface area (Å²) < 4.78 is 38.8. The first-order chi connectivity index (χ1) is 15.2. The zero-order chi connectivity index (χ0) is 22.9. The molecule has 0 spiro atoms. The molecule has 0 radical (unpaired) electrons. The number of amides is 1. The molecule has 0 unspecified atom stereocenters. The summed E-state index contributed by atoms with van der Waals surface area (Å²) in [6.07, 6.45) is 0.195. The molecule has 0 atom stereocenters. The van der Waals surface area contributed by atoms with Gasteiger partial charge in [0, 0.05) is 47.2 Å². The normalized spacial score (nSPS) is 11.4. The quantitative estimate of drug-likeness (QED) is 0.480. The molecule has 0 bridgehead atoms. The second kappa shape index (κ2) is 8.22. The van der Waals surface area contributed by atoms with E-state index in [1.165, 1.54) is 18.3 Å². The van der Waals surface area contributed by atoms with Gasteiger partial charge >= 0.3 is 6.18 Å². The molecule has 2 N–H and O–H groups in total. The van der Waals surface area contributed by atoms with E-state index in [1.54, 1.807) is 32.4 Å². The molecule has 32 heavy (non-hydrogen) atoms. The van der Waals surface area contributed by atoms with Gasteiger partial charge in [-0.15, -0.1) is 0 Å². The van der Waals surface area contributed by atoms with Crippen molar-refractivity contribution in [3.63, 3.8) is 0 Å². The molecule has 1 aromatic carbocycles. The largest absolute Gasteiger partial charge is 0.416 e. The highest BCUT2D eigenvalue weighted by atomic mass is 19.4. The van der Waals surface area contributed by atoms with Crippen molar-refractivity contribution in [3.8, 4) is 11.1 Å². The maximum atomic E-state index is 12.9. The zero-order valence-electron chi connectivity index (χ0n) is 17.0. The Morgan fingerprint density at radius 3 is 2.56 bits per heavy atom. The highest BCUT2D eigenvalue weighted by Gasteiger charge is 2.30. The van der Waals surface area contributed by atoms with Crippen LogP contribution in [0.2, 0.25) is 0 Å². The van der Waals surface area contributed by atoms with Crippen molar-refractivity contribution in [2.45, 2.75) is 13.1 Å². The van der Waals surface area contributed by atoms with Crippen molar-refractivity contribution < 1.29 is 18.0 Å². The van der Waals surface area contributed by atoms with Crippen molar-refractivity contribution >= 4 is 28.6 Å². The Balaban J connectivity index is 1.63. The minimum Gasteiger partial charge on any atom is -0.357 e. The van der Waals surface area contributed by atoms with E-state index >= 15 is 0 Å². The minimum atomic E-state index is -4.53. The van der Waals surface area contributed by atoms with E-state index in [0.29, 0.717) is 28.5 Å². The van der Waals surface area contributed by atoms with Gasteiger partial charge in [0.05, 0.1) is 17.4 Å². The number of anilines is 2. The van der Waals surface area contributed by atoms with Crippen molar-refractivity contribution in [1.29, 1.82) is 0 Å². The summed E-state index contributed by atoms with van der Waals surface area (Å²) in [5, 5.41) is 6.18. The number of halogens is 3. The van der Waals surface area contributed by atoms with Gasteiger partial charge < -0.3 is 10.6 Å². The number of fused-ring (bicyclic) bond motifs is 1. The number of aryl methyl sites for hydroxylation is 1. The Morgan fingerprint density at radius 1 is 1.00 bits per heavy atom. The number of pyridine rings is 2. The first kappa shape index (κ1) is 21.2. The van der Waals surface area contributed by atoms with Crippen molar-refractivity contribution in [1.82, 2.24) is 19.9 Å². The van der Waals surface area contributed by atoms with Gasteiger partial charge in [-0.1, -0.05) is 6.07 Å². The van der Waals surface area contributed by atoms with E-state index < -0.39 is 17.6 Å². The molecule has 3 aromatic heterocycles. The highest BCUT2D eigenvalue weighted by Crippen LogP contribution is 2.30. The number of hydrogen-bond donors (Lipinski definition) is 2. The third-order valence-corrected chi connectivity index (χ3v) is 4.76. The zero-order valence-corrected chi connectivity index (χ0v) is 17.0. The van der Waals surface area contributed by atoms with E-state index in [4.69, 9.17) is 0 Å². The lowest BCUT2D eigenvalue weighted by atomic mass is 10.0. The van der Waals surface area contributed by atoms with Crippen LogP contribution in [-0.2, 0) is 6.18 Å². The number of nitrogens with one attached hydrogen (secondary N) is 2. The molecular formula is C22H17F3N6O. The number of nitrogens with zero attached hydrogens (tertiary/aromatic N) is 4. The lowest BCUT2D eigenvalue weighted by molar-refractivity contribution is -0.137. The number of hydrogen-bond acceptors (Lipinski definition) is 6. The van der Waals surface area contributed by atoms with E-state index in [-0.39, 0.29) is 5.56 Å². The van der Waals surface area contributed by atoms with Crippen LogP contribution in [0.4, 0.5) is 24.8 Å². The van der Waals surface area contributed by atoms with E-state index in [1.807, 2.05) is 6.07 Å². The molecule has 0 fully saturated rings. The molecule has 4 rings (SSSR count). The van der Waals surface area contributed by atoms with Crippen molar-refractivity contribution in [2.24, 2.45) is 0 Å². The van der Waals surface area contributed by atoms with Crippen LogP contribution in [0.15, 0.2) is 55.0 Å². The first-order valence-corrected chi connectivity index (χ1v) is 9.51. The summed E-state index contributed by atoms with van der Waals surface area (Å²) in [4.78, 5) is 29.7. The minimum absolute atomic E-state index is 0.105. The fourth-order valence-corrected chi connectivity index (χ4v) is 3.12. The topological polar surface area (TPSA) is 92.7 Å². The SMILES string of the molecule is CNc1ncc2cc(-c3cc(NC(=O)c4cccc(C(F)(F)F)c4)cnc3C)cnc2n1. The Hall–Kier alpha value is -4.08. The lowest BCUT2D eigenvalue weighted by Gasteiger charge is -2.11. The van der Waals surface area contributed by atoms with Crippen LogP contribution in [0, 0.1) is 6.92 Å². The molecule has 162 valence electrons. The average molecular weight is 438 g/mol. The summed E-state index contributed by atoms with van der Waals surface area (Å²) in [5.41, 5.74) is 2.00. The summed E-state index contributed by atoms with van der Waals surface area (Å²) in [6, 6.07) is 7.78. The van der Waals surface area contributed by atoms with Crippen molar-refractivity contribution in [3.05, 3.63) is 71.8 Å². The number of benzene rings is 1. The molecule has 7 nitrogen and oxygen atoms in total. The average Bonchev–Trinajstić information content (AvgIpc) is 2.79. The van der Waals surface area contributed by atoms with Crippen LogP contribution in [-0.4, -0.2) is 32.9 Å². The number of carbonyl (C=O) groups is 1. The molecule has 1 amide bonds. The number of aromatic nitrogens is 4. The maximum absolute atomic E-state index is 12.9. The summed E-state index contributed by atoms with van der Waals surface area (Å²) in [7, 11) is 1.71. The molecule has 0 aliphatic carbocycles. The van der Waals surface area contributed by atoms with Gasteiger partial charge in [0.1, 0.15) is 0 Å². The van der Waals surface area contributed by atoms with Gasteiger partial charge in [0.25, 0.3) is 5.91 Å². The van der Waals surface area contributed by atoms with Crippen LogP contribution in [0.5, 0.6) is 0 Å². The molecule has 10 heteroatoms. The van der Waals surface area contributed by atoms with Crippen LogP contribution >= 0.6 is 0 Å². The van der Waals surface area contributed by atoms with E-state index in [2.05, 4.69) is 30.6 Å². The first-order valence-electron chi connectivity index (χ1n) is 9.51. The van der Waals surface area contributed by atoms with Crippen LogP contribution < -0.4 is 10.6 Å². The molecular weight excluding hydrogens is 421 g/mol.